The Morgan fingerprint density at radius 3 is 2.48 bits per heavy atom. The van der Waals surface area contributed by atoms with Gasteiger partial charge in [-0.2, -0.15) is 13.2 Å². The average molecular weight is 349 g/mol. The highest BCUT2D eigenvalue weighted by Crippen LogP contribution is 2.48. The first-order valence-electron chi connectivity index (χ1n) is 7.52. The Balaban J connectivity index is 0.00000192. The van der Waals surface area contributed by atoms with E-state index in [4.69, 9.17) is 5.73 Å². The lowest BCUT2D eigenvalue weighted by Crippen LogP contribution is -2.42. The monoisotopic (exact) mass is 348 g/mol. The van der Waals surface area contributed by atoms with Crippen molar-refractivity contribution in [2.24, 2.45) is 23.5 Å². The van der Waals surface area contributed by atoms with Gasteiger partial charge in [-0.25, -0.2) is 0 Å². The Bertz CT molecular complexity index is 603. The van der Waals surface area contributed by atoms with Crippen LogP contribution in [0, 0.1) is 24.7 Å². The predicted molar refractivity (Wildman–Crippen MR) is 84.4 cm³/mol. The van der Waals surface area contributed by atoms with Crippen LogP contribution in [-0.4, -0.2) is 11.9 Å². The molecule has 2 fully saturated rings. The van der Waals surface area contributed by atoms with Crippen molar-refractivity contribution in [3.8, 4) is 0 Å². The SMILES string of the molecule is Cc1c(NC(=O)C2C3CCC(C3)C2N)cccc1C(F)(F)F.Cl. The van der Waals surface area contributed by atoms with Gasteiger partial charge in [0.1, 0.15) is 0 Å². The zero-order valence-corrected chi connectivity index (χ0v) is 13.5. The summed E-state index contributed by atoms with van der Waals surface area (Å²) < 4.78 is 38.8. The smallest absolute Gasteiger partial charge is 0.327 e. The molecule has 4 atom stereocenters. The van der Waals surface area contributed by atoms with Gasteiger partial charge >= 0.3 is 6.18 Å². The van der Waals surface area contributed by atoms with Gasteiger partial charge in [0.05, 0.1) is 11.5 Å². The first-order chi connectivity index (χ1) is 10.3. The molecule has 3 N–H and O–H groups in total. The molecule has 2 aliphatic rings. The lowest BCUT2D eigenvalue weighted by Gasteiger charge is -2.27. The first-order valence-corrected chi connectivity index (χ1v) is 7.52. The van der Waals surface area contributed by atoms with Crippen molar-refractivity contribution in [3.63, 3.8) is 0 Å². The molecular weight excluding hydrogens is 329 g/mol. The van der Waals surface area contributed by atoms with Gasteiger partial charge in [0.25, 0.3) is 0 Å². The minimum Gasteiger partial charge on any atom is -0.327 e. The molecule has 0 aromatic heterocycles. The average Bonchev–Trinajstić information content (AvgIpc) is 3.00. The topological polar surface area (TPSA) is 55.1 Å². The van der Waals surface area contributed by atoms with Gasteiger partial charge in [0.2, 0.25) is 5.91 Å². The third-order valence-electron chi connectivity index (χ3n) is 5.18. The van der Waals surface area contributed by atoms with Crippen molar-refractivity contribution in [1.29, 1.82) is 0 Å². The molecule has 4 unspecified atom stereocenters. The van der Waals surface area contributed by atoms with Crippen LogP contribution in [0.5, 0.6) is 0 Å². The second kappa shape index (κ2) is 6.32. The summed E-state index contributed by atoms with van der Waals surface area (Å²) in [6, 6.07) is 3.66. The number of nitrogens with two attached hydrogens (primary N) is 1. The quantitative estimate of drug-likeness (QED) is 0.855. The summed E-state index contributed by atoms with van der Waals surface area (Å²) in [5.41, 5.74) is 5.65. The van der Waals surface area contributed by atoms with E-state index in [0.29, 0.717) is 5.92 Å². The molecule has 0 heterocycles. The molecule has 3 nitrogen and oxygen atoms in total. The molecule has 2 bridgehead atoms. The largest absolute Gasteiger partial charge is 0.416 e. The number of carbonyl (C=O) groups excluding carboxylic acids is 1. The number of fused-ring (bicyclic) bond motifs is 2. The van der Waals surface area contributed by atoms with Gasteiger partial charge in [-0.1, -0.05) is 6.07 Å². The van der Waals surface area contributed by atoms with Crippen molar-refractivity contribution in [2.45, 2.75) is 38.4 Å². The van der Waals surface area contributed by atoms with E-state index < -0.39 is 11.7 Å². The number of benzene rings is 1. The van der Waals surface area contributed by atoms with E-state index in [2.05, 4.69) is 5.32 Å². The highest BCUT2D eigenvalue weighted by Gasteiger charge is 2.49. The molecule has 0 radical (unpaired) electrons. The van der Waals surface area contributed by atoms with Crippen molar-refractivity contribution >= 4 is 24.0 Å². The zero-order chi connectivity index (χ0) is 16.1. The highest BCUT2D eigenvalue weighted by atomic mass is 35.5. The molecule has 0 aliphatic heterocycles. The Morgan fingerprint density at radius 2 is 1.91 bits per heavy atom. The number of nitrogens with one attached hydrogen (secondary N) is 1. The summed E-state index contributed by atoms with van der Waals surface area (Å²) in [4.78, 5) is 12.5. The van der Waals surface area contributed by atoms with E-state index in [9.17, 15) is 18.0 Å². The molecule has 0 spiro atoms. The van der Waals surface area contributed by atoms with E-state index >= 15 is 0 Å². The van der Waals surface area contributed by atoms with Gasteiger partial charge in [-0.05, 0) is 55.7 Å². The Labute approximate surface area is 139 Å². The van der Waals surface area contributed by atoms with Gasteiger partial charge in [-0.15, -0.1) is 12.4 Å². The number of anilines is 1. The van der Waals surface area contributed by atoms with Crippen LogP contribution >= 0.6 is 12.4 Å². The standard InChI is InChI=1S/C16H19F3N2O.ClH/c1-8-11(16(17,18)19)3-2-4-12(8)21-15(22)13-9-5-6-10(7-9)14(13)20;/h2-4,9-10,13-14H,5-7,20H2,1H3,(H,21,22);1H. The van der Waals surface area contributed by atoms with E-state index in [1.807, 2.05) is 0 Å². The molecule has 3 rings (SSSR count). The van der Waals surface area contributed by atoms with Crippen LogP contribution in [0.4, 0.5) is 18.9 Å². The first kappa shape index (κ1) is 18.1. The number of carbonyl (C=O) groups is 1. The number of alkyl halides is 3. The number of rotatable bonds is 2. The van der Waals surface area contributed by atoms with Crippen LogP contribution in [0.25, 0.3) is 0 Å². The molecule has 23 heavy (non-hydrogen) atoms. The van der Waals surface area contributed by atoms with Crippen LogP contribution in [-0.2, 0) is 11.0 Å². The minimum atomic E-state index is -4.42. The molecule has 1 aromatic rings. The fraction of sp³-hybridized carbons (Fsp3) is 0.562. The third kappa shape index (κ3) is 3.19. The number of hydrogen-bond acceptors (Lipinski definition) is 2. The number of halogens is 4. The normalized spacial score (nSPS) is 29.3. The van der Waals surface area contributed by atoms with Crippen LogP contribution < -0.4 is 11.1 Å². The predicted octanol–water partition coefficient (Wildman–Crippen LogP) is 3.75. The second-order valence-corrected chi connectivity index (χ2v) is 6.40. The minimum absolute atomic E-state index is 0. The maximum absolute atomic E-state index is 12.9. The van der Waals surface area contributed by atoms with Crippen LogP contribution in [0.1, 0.15) is 30.4 Å². The molecule has 1 amide bonds. The van der Waals surface area contributed by atoms with Crippen molar-refractivity contribution in [1.82, 2.24) is 0 Å². The second-order valence-electron chi connectivity index (χ2n) is 6.40. The molecule has 2 aliphatic carbocycles. The van der Waals surface area contributed by atoms with Gasteiger partial charge in [-0.3, -0.25) is 4.79 Å². The summed E-state index contributed by atoms with van der Waals surface area (Å²) in [5, 5.41) is 2.66. The highest BCUT2D eigenvalue weighted by molar-refractivity contribution is 5.94. The molecule has 1 aromatic carbocycles. The molecule has 128 valence electrons. The van der Waals surface area contributed by atoms with E-state index in [-0.39, 0.29) is 47.4 Å². The summed E-state index contributed by atoms with van der Waals surface area (Å²) in [5.74, 6) is 0.115. The van der Waals surface area contributed by atoms with Gasteiger partial charge < -0.3 is 11.1 Å². The fourth-order valence-electron chi connectivity index (χ4n) is 4.02. The van der Waals surface area contributed by atoms with Crippen LogP contribution in [0.2, 0.25) is 0 Å². The Hall–Kier alpha value is -1.27. The van der Waals surface area contributed by atoms with Gasteiger partial charge in [0, 0.05) is 11.7 Å². The molecule has 0 saturated heterocycles. The molecule has 2 saturated carbocycles. The lowest BCUT2D eigenvalue weighted by molar-refractivity contribution is -0.138. The van der Waals surface area contributed by atoms with Crippen molar-refractivity contribution in [2.75, 3.05) is 5.32 Å². The lowest BCUT2D eigenvalue weighted by atomic mass is 9.84. The maximum Gasteiger partial charge on any atom is 0.416 e. The van der Waals surface area contributed by atoms with Crippen molar-refractivity contribution in [3.05, 3.63) is 29.3 Å². The van der Waals surface area contributed by atoms with E-state index in [0.717, 1.165) is 25.3 Å². The fourth-order valence-corrected chi connectivity index (χ4v) is 4.02. The summed E-state index contributed by atoms with van der Waals surface area (Å²) in [6.07, 6.45) is -1.43. The molecular formula is C16H20ClF3N2O. The van der Waals surface area contributed by atoms with Crippen LogP contribution in [0.3, 0.4) is 0 Å². The summed E-state index contributed by atoms with van der Waals surface area (Å²) in [6.45, 7) is 1.37. The van der Waals surface area contributed by atoms with Gasteiger partial charge in [0.15, 0.2) is 0 Å². The summed E-state index contributed by atoms with van der Waals surface area (Å²) in [7, 11) is 0. The number of amides is 1. The third-order valence-corrected chi connectivity index (χ3v) is 5.18. The maximum atomic E-state index is 12.9. The van der Waals surface area contributed by atoms with E-state index in [1.54, 1.807) is 0 Å². The molecule has 7 heteroatoms. The van der Waals surface area contributed by atoms with Crippen LogP contribution in [0.15, 0.2) is 18.2 Å². The Morgan fingerprint density at radius 1 is 1.26 bits per heavy atom. The Kier molecular flexibility index (Phi) is 4.97. The number of hydrogen-bond donors (Lipinski definition) is 2. The zero-order valence-electron chi connectivity index (χ0n) is 12.7. The van der Waals surface area contributed by atoms with Crippen molar-refractivity contribution < 1.29 is 18.0 Å². The summed E-state index contributed by atoms with van der Waals surface area (Å²) >= 11 is 0. The van der Waals surface area contributed by atoms with E-state index in [1.165, 1.54) is 19.1 Å².